The zero-order valence-corrected chi connectivity index (χ0v) is 10.8. The standard InChI is InChI=1S/C11H15BrN2O2/c1-7-5-10(16-14-7)11(15)13-9-4-2-3-8(9)6-12/h5,8-9H,2-4,6H2,1H3,(H,13,15). The topological polar surface area (TPSA) is 55.1 Å². The van der Waals surface area contributed by atoms with Crippen LogP contribution >= 0.6 is 15.9 Å². The number of hydrogen-bond acceptors (Lipinski definition) is 3. The summed E-state index contributed by atoms with van der Waals surface area (Å²) in [6.45, 7) is 1.80. The highest BCUT2D eigenvalue weighted by Crippen LogP contribution is 2.27. The average molecular weight is 287 g/mol. The zero-order valence-electron chi connectivity index (χ0n) is 9.20. The van der Waals surface area contributed by atoms with E-state index in [0.29, 0.717) is 11.7 Å². The lowest BCUT2D eigenvalue weighted by atomic mass is 10.1. The first-order chi connectivity index (χ1) is 7.70. The molecule has 0 aliphatic heterocycles. The van der Waals surface area contributed by atoms with E-state index in [1.807, 2.05) is 0 Å². The second-order valence-corrected chi connectivity index (χ2v) is 4.91. The Kier molecular flexibility index (Phi) is 3.63. The molecular weight excluding hydrogens is 272 g/mol. The van der Waals surface area contributed by atoms with E-state index in [1.54, 1.807) is 13.0 Å². The van der Waals surface area contributed by atoms with Gasteiger partial charge >= 0.3 is 0 Å². The molecule has 0 radical (unpaired) electrons. The molecule has 1 aromatic rings. The molecule has 1 fully saturated rings. The molecule has 0 bridgehead atoms. The third-order valence-corrected chi connectivity index (χ3v) is 3.86. The second-order valence-electron chi connectivity index (χ2n) is 4.26. The molecule has 1 saturated carbocycles. The molecule has 2 rings (SSSR count). The van der Waals surface area contributed by atoms with Gasteiger partial charge in [-0.2, -0.15) is 0 Å². The van der Waals surface area contributed by atoms with Crippen LogP contribution in [0.15, 0.2) is 10.6 Å². The van der Waals surface area contributed by atoms with E-state index < -0.39 is 0 Å². The molecule has 16 heavy (non-hydrogen) atoms. The average Bonchev–Trinajstić information content (AvgIpc) is 2.86. The minimum atomic E-state index is -0.154. The van der Waals surface area contributed by atoms with Gasteiger partial charge < -0.3 is 9.84 Å². The molecule has 88 valence electrons. The van der Waals surface area contributed by atoms with Crippen LogP contribution < -0.4 is 5.32 Å². The molecule has 1 N–H and O–H groups in total. The number of aryl methyl sites for hydroxylation is 1. The number of rotatable bonds is 3. The minimum Gasteiger partial charge on any atom is -0.351 e. The van der Waals surface area contributed by atoms with Gasteiger partial charge in [0, 0.05) is 17.4 Å². The van der Waals surface area contributed by atoms with Crippen LogP contribution in [0.1, 0.15) is 35.5 Å². The van der Waals surface area contributed by atoms with Crippen molar-refractivity contribution >= 4 is 21.8 Å². The Morgan fingerprint density at radius 2 is 2.50 bits per heavy atom. The van der Waals surface area contributed by atoms with Crippen molar-refractivity contribution in [3.8, 4) is 0 Å². The molecule has 1 aromatic heterocycles. The van der Waals surface area contributed by atoms with Crippen molar-refractivity contribution in [2.75, 3.05) is 5.33 Å². The third-order valence-electron chi connectivity index (χ3n) is 3.03. The highest BCUT2D eigenvalue weighted by Gasteiger charge is 2.28. The monoisotopic (exact) mass is 286 g/mol. The van der Waals surface area contributed by atoms with Crippen LogP contribution in [0.25, 0.3) is 0 Å². The van der Waals surface area contributed by atoms with Crippen LogP contribution in [0.2, 0.25) is 0 Å². The van der Waals surface area contributed by atoms with Gasteiger partial charge in [0.15, 0.2) is 0 Å². The van der Waals surface area contributed by atoms with Crippen LogP contribution in [0.4, 0.5) is 0 Å². The number of halogens is 1. The number of nitrogens with one attached hydrogen (secondary N) is 1. The van der Waals surface area contributed by atoms with Crippen LogP contribution in [-0.4, -0.2) is 22.4 Å². The summed E-state index contributed by atoms with van der Waals surface area (Å²) in [5, 5.41) is 7.65. The van der Waals surface area contributed by atoms with Gasteiger partial charge in [0.1, 0.15) is 0 Å². The number of hydrogen-bond donors (Lipinski definition) is 1. The van der Waals surface area contributed by atoms with Crippen LogP contribution in [-0.2, 0) is 0 Å². The van der Waals surface area contributed by atoms with E-state index in [2.05, 4.69) is 26.4 Å². The lowest BCUT2D eigenvalue weighted by Gasteiger charge is -2.17. The van der Waals surface area contributed by atoms with Crippen molar-refractivity contribution in [3.63, 3.8) is 0 Å². The normalized spacial score (nSPS) is 24.6. The Labute approximate surface area is 103 Å². The van der Waals surface area contributed by atoms with Crippen molar-refractivity contribution in [1.82, 2.24) is 10.5 Å². The van der Waals surface area contributed by atoms with Crippen molar-refractivity contribution in [2.24, 2.45) is 5.92 Å². The zero-order chi connectivity index (χ0) is 11.5. The van der Waals surface area contributed by atoms with Gasteiger partial charge in [-0.25, -0.2) is 0 Å². The third kappa shape index (κ3) is 2.45. The molecule has 0 saturated heterocycles. The van der Waals surface area contributed by atoms with Gasteiger partial charge in [0.2, 0.25) is 5.76 Å². The molecular formula is C11H15BrN2O2. The summed E-state index contributed by atoms with van der Waals surface area (Å²) in [5.41, 5.74) is 0.730. The number of carbonyl (C=O) groups is 1. The van der Waals surface area contributed by atoms with Crippen LogP contribution in [0.3, 0.4) is 0 Å². The van der Waals surface area contributed by atoms with E-state index >= 15 is 0 Å². The first-order valence-corrected chi connectivity index (χ1v) is 6.63. The predicted octanol–water partition coefficient (Wildman–Crippen LogP) is 2.28. The van der Waals surface area contributed by atoms with E-state index in [1.165, 1.54) is 12.8 Å². The summed E-state index contributed by atoms with van der Waals surface area (Å²) in [7, 11) is 0. The number of alkyl halides is 1. The molecule has 1 heterocycles. The van der Waals surface area contributed by atoms with Gasteiger partial charge in [0.25, 0.3) is 5.91 Å². The summed E-state index contributed by atoms with van der Waals surface area (Å²) >= 11 is 3.48. The number of carbonyl (C=O) groups excluding carboxylic acids is 1. The predicted molar refractivity (Wildman–Crippen MR) is 63.6 cm³/mol. The molecule has 0 spiro atoms. The van der Waals surface area contributed by atoms with Crippen molar-refractivity contribution in [1.29, 1.82) is 0 Å². The molecule has 2 atom stereocenters. The Bertz CT molecular complexity index is 378. The smallest absolute Gasteiger partial charge is 0.290 e. The summed E-state index contributed by atoms with van der Waals surface area (Å²) in [4.78, 5) is 11.8. The van der Waals surface area contributed by atoms with Crippen molar-refractivity contribution < 1.29 is 9.32 Å². The fourth-order valence-electron chi connectivity index (χ4n) is 2.12. The lowest BCUT2D eigenvalue weighted by Crippen LogP contribution is -2.37. The molecule has 2 unspecified atom stereocenters. The summed E-state index contributed by atoms with van der Waals surface area (Å²) < 4.78 is 4.93. The van der Waals surface area contributed by atoms with E-state index in [0.717, 1.165) is 17.4 Å². The SMILES string of the molecule is Cc1cc(C(=O)NC2CCCC2CBr)on1. The van der Waals surface area contributed by atoms with E-state index in [-0.39, 0.29) is 11.9 Å². The summed E-state index contributed by atoms with van der Waals surface area (Å²) in [6, 6.07) is 1.92. The van der Waals surface area contributed by atoms with Crippen LogP contribution in [0.5, 0.6) is 0 Å². The maximum atomic E-state index is 11.8. The second kappa shape index (κ2) is 4.99. The van der Waals surface area contributed by atoms with Gasteiger partial charge in [0.05, 0.1) is 5.69 Å². The molecule has 1 aliphatic rings. The van der Waals surface area contributed by atoms with E-state index in [4.69, 9.17) is 4.52 Å². The van der Waals surface area contributed by atoms with Gasteiger partial charge in [-0.15, -0.1) is 0 Å². The molecule has 0 aromatic carbocycles. The van der Waals surface area contributed by atoms with Crippen molar-refractivity contribution in [3.05, 3.63) is 17.5 Å². The first kappa shape index (κ1) is 11.6. The Morgan fingerprint density at radius 1 is 1.69 bits per heavy atom. The van der Waals surface area contributed by atoms with Crippen LogP contribution in [0, 0.1) is 12.8 Å². The summed E-state index contributed by atoms with van der Waals surface area (Å²) in [6.07, 6.45) is 3.40. The number of aromatic nitrogens is 1. The lowest BCUT2D eigenvalue weighted by molar-refractivity contribution is 0.0893. The highest BCUT2D eigenvalue weighted by molar-refractivity contribution is 9.09. The van der Waals surface area contributed by atoms with E-state index in [9.17, 15) is 4.79 Å². The number of nitrogens with zero attached hydrogens (tertiary/aromatic N) is 1. The molecule has 1 aliphatic carbocycles. The summed E-state index contributed by atoms with van der Waals surface area (Å²) in [5.74, 6) is 0.684. The fraction of sp³-hybridized carbons (Fsp3) is 0.636. The molecule has 5 heteroatoms. The highest BCUT2D eigenvalue weighted by atomic mass is 79.9. The largest absolute Gasteiger partial charge is 0.351 e. The Balaban J connectivity index is 1.97. The van der Waals surface area contributed by atoms with Crippen molar-refractivity contribution in [2.45, 2.75) is 32.2 Å². The maximum Gasteiger partial charge on any atom is 0.290 e. The Morgan fingerprint density at radius 3 is 3.12 bits per heavy atom. The molecule has 1 amide bonds. The first-order valence-electron chi connectivity index (χ1n) is 5.51. The Hall–Kier alpha value is -0.840. The van der Waals surface area contributed by atoms with Gasteiger partial charge in [-0.3, -0.25) is 4.79 Å². The minimum absolute atomic E-state index is 0.154. The van der Waals surface area contributed by atoms with Gasteiger partial charge in [-0.05, 0) is 25.7 Å². The van der Waals surface area contributed by atoms with Gasteiger partial charge in [-0.1, -0.05) is 27.5 Å². The fourth-order valence-corrected chi connectivity index (χ4v) is 2.90. The maximum absolute atomic E-state index is 11.8. The molecule has 4 nitrogen and oxygen atoms in total. The quantitative estimate of drug-likeness (QED) is 0.868. The number of amides is 1.